The maximum absolute atomic E-state index is 9.49. The Morgan fingerprint density at radius 1 is 1.11 bits per heavy atom. The van der Waals surface area contributed by atoms with E-state index in [1.54, 1.807) is 18.2 Å². The van der Waals surface area contributed by atoms with Crippen LogP contribution in [-0.4, -0.2) is 11.7 Å². The standard InChI is InChI=1S/C15H15Cl2NO/c16-14-6-2-5-13(15(14)17)11(9-18)7-10-3-1-4-12(19)8-10/h1-6,8,11,19H,7,9,18H2. The van der Waals surface area contributed by atoms with Gasteiger partial charge in [-0.2, -0.15) is 0 Å². The van der Waals surface area contributed by atoms with Gasteiger partial charge < -0.3 is 10.8 Å². The molecule has 0 radical (unpaired) electrons. The highest BCUT2D eigenvalue weighted by Crippen LogP contribution is 2.32. The molecule has 0 aliphatic carbocycles. The minimum Gasteiger partial charge on any atom is -0.508 e. The molecule has 0 amide bonds. The van der Waals surface area contributed by atoms with Crippen molar-refractivity contribution in [3.8, 4) is 5.75 Å². The summed E-state index contributed by atoms with van der Waals surface area (Å²) in [4.78, 5) is 0. The Labute approximate surface area is 122 Å². The van der Waals surface area contributed by atoms with Gasteiger partial charge >= 0.3 is 0 Å². The average molecular weight is 296 g/mol. The van der Waals surface area contributed by atoms with Crippen molar-refractivity contribution in [1.29, 1.82) is 0 Å². The Kier molecular flexibility index (Phi) is 4.70. The highest BCUT2D eigenvalue weighted by atomic mass is 35.5. The number of nitrogens with two attached hydrogens (primary N) is 1. The molecule has 0 saturated heterocycles. The molecule has 2 nitrogen and oxygen atoms in total. The van der Waals surface area contributed by atoms with Crippen LogP contribution in [0.25, 0.3) is 0 Å². The molecule has 0 saturated carbocycles. The van der Waals surface area contributed by atoms with Crippen LogP contribution in [0.1, 0.15) is 17.0 Å². The van der Waals surface area contributed by atoms with E-state index in [0.29, 0.717) is 23.0 Å². The van der Waals surface area contributed by atoms with Crippen LogP contribution in [0.15, 0.2) is 42.5 Å². The second-order valence-corrected chi connectivity index (χ2v) is 5.23. The van der Waals surface area contributed by atoms with E-state index in [4.69, 9.17) is 28.9 Å². The minimum atomic E-state index is 0.0769. The fraction of sp³-hybridized carbons (Fsp3) is 0.200. The van der Waals surface area contributed by atoms with E-state index in [0.717, 1.165) is 11.1 Å². The fourth-order valence-electron chi connectivity index (χ4n) is 2.12. The first kappa shape index (κ1) is 14.2. The summed E-state index contributed by atoms with van der Waals surface area (Å²) in [5.41, 5.74) is 7.81. The summed E-state index contributed by atoms with van der Waals surface area (Å²) >= 11 is 12.3. The number of hydrogen-bond donors (Lipinski definition) is 2. The van der Waals surface area contributed by atoms with Gasteiger partial charge in [0.1, 0.15) is 5.75 Å². The molecule has 0 aliphatic heterocycles. The molecule has 3 N–H and O–H groups in total. The molecule has 1 unspecified atom stereocenters. The monoisotopic (exact) mass is 295 g/mol. The number of phenolic OH excluding ortho intramolecular Hbond substituents is 1. The van der Waals surface area contributed by atoms with Crippen LogP contribution in [0.3, 0.4) is 0 Å². The van der Waals surface area contributed by atoms with Crippen molar-refractivity contribution in [3.63, 3.8) is 0 Å². The zero-order valence-electron chi connectivity index (χ0n) is 10.3. The van der Waals surface area contributed by atoms with Crippen LogP contribution in [0, 0.1) is 0 Å². The van der Waals surface area contributed by atoms with E-state index < -0.39 is 0 Å². The largest absolute Gasteiger partial charge is 0.508 e. The molecule has 0 aliphatic rings. The molecule has 2 aromatic carbocycles. The van der Waals surface area contributed by atoms with Gasteiger partial charge in [-0.05, 0) is 42.3 Å². The number of halogens is 2. The lowest BCUT2D eigenvalue weighted by molar-refractivity contribution is 0.474. The van der Waals surface area contributed by atoms with Crippen LogP contribution in [0.2, 0.25) is 10.0 Å². The fourth-order valence-corrected chi connectivity index (χ4v) is 2.59. The molecule has 0 bridgehead atoms. The molecule has 0 spiro atoms. The Morgan fingerprint density at radius 2 is 1.84 bits per heavy atom. The molecule has 100 valence electrons. The summed E-state index contributed by atoms with van der Waals surface area (Å²) in [5, 5.41) is 10.6. The first-order valence-electron chi connectivity index (χ1n) is 6.03. The normalized spacial score (nSPS) is 12.4. The van der Waals surface area contributed by atoms with Crippen LogP contribution >= 0.6 is 23.2 Å². The van der Waals surface area contributed by atoms with Crippen molar-refractivity contribution in [2.24, 2.45) is 5.73 Å². The zero-order chi connectivity index (χ0) is 13.8. The lowest BCUT2D eigenvalue weighted by atomic mass is 9.92. The van der Waals surface area contributed by atoms with Gasteiger partial charge in [-0.1, -0.05) is 47.5 Å². The highest BCUT2D eigenvalue weighted by molar-refractivity contribution is 6.42. The Balaban J connectivity index is 2.28. The Bertz CT molecular complexity index is 572. The minimum absolute atomic E-state index is 0.0769. The second kappa shape index (κ2) is 6.29. The zero-order valence-corrected chi connectivity index (χ0v) is 11.8. The third kappa shape index (κ3) is 3.41. The average Bonchev–Trinajstić information content (AvgIpc) is 2.40. The SMILES string of the molecule is NCC(Cc1cccc(O)c1)c1cccc(Cl)c1Cl. The highest BCUT2D eigenvalue weighted by Gasteiger charge is 2.15. The molecule has 0 heterocycles. The molecule has 19 heavy (non-hydrogen) atoms. The maximum atomic E-state index is 9.49. The van der Waals surface area contributed by atoms with Crippen molar-refractivity contribution in [2.45, 2.75) is 12.3 Å². The summed E-state index contributed by atoms with van der Waals surface area (Å²) in [6, 6.07) is 12.7. The number of benzene rings is 2. The predicted octanol–water partition coefficient (Wildman–Crippen LogP) is 3.98. The van der Waals surface area contributed by atoms with Crippen molar-refractivity contribution in [2.75, 3.05) is 6.54 Å². The molecule has 0 aromatic heterocycles. The maximum Gasteiger partial charge on any atom is 0.115 e. The lowest BCUT2D eigenvalue weighted by Gasteiger charge is -2.17. The molecule has 0 fully saturated rings. The molecule has 2 aromatic rings. The van der Waals surface area contributed by atoms with Gasteiger partial charge in [-0.25, -0.2) is 0 Å². The number of phenols is 1. The van der Waals surface area contributed by atoms with E-state index in [1.807, 2.05) is 24.3 Å². The first-order valence-corrected chi connectivity index (χ1v) is 6.79. The van der Waals surface area contributed by atoms with Gasteiger partial charge in [0.05, 0.1) is 10.0 Å². The number of rotatable bonds is 4. The van der Waals surface area contributed by atoms with Crippen LogP contribution in [0.4, 0.5) is 0 Å². The summed E-state index contributed by atoms with van der Waals surface area (Å²) < 4.78 is 0. The Morgan fingerprint density at radius 3 is 2.53 bits per heavy atom. The van der Waals surface area contributed by atoms with E-state index in [-0.39, 0.29) is 11.7 Å². The van der Waals surface area contributed by atoms with E-state index >= 15 is 0 Å². The quantitative estimate of drug-likeness (QED) is 0.896. The van der Waals surface area contributed by atoms with Crippen molar-refractivity contribution < 1.29 is 5.11 Å². The molecular weight excluding hydrogens is 281 g/mol. The van der Waals surface area contributed by atoms with Gasteiger partial charge in [0.2, 0.25) is 0 Å². The van der Waals surface area contributed by atoms with Crippen LogP contribution in [-0.2, 0) is 6.42 Å². The summed E-state index contributed by atoms with van der Waals surface area (Å²) in [6.45, 7) is 0.468. The topological polar surface area (TPSA) is 46.2 Å². The number of hydrogen-bond acceptors (Lipinski definition) is 2. The summed E-state index contributed by atoms with van der Waals surface area (Å²) in [7, 11) is 0. The third-order valence-electron chi connectivity index (χ3n) is 3.10. The first-order chi connectivity index (χ1) is 9.11. The van der Waals surface area contributed by atoms with Crippen molar-refractivity contribution in [3.05, 3.63) is 63.6 Å². The molecule has 2 rings (SSSR count). The van der Waals surface area contributed by atoms with Gasteiger partial charge in [0, 0.05) is 5.92 Å². The summed E-state index contributed by atoms with van der Waals surface area (Å²) in [5.74, 6) is 0.332. The predicted molar refractivity (Wildman–Crippen MR) is 80.1 cm³/mol. The van der Waals surface area contributed by atoms with Gasteiger partial charge in [-0.3, -0.25) is 0 Å². The molecule has 4 heteroatoms. The second-order valence-electron chi connectivity index (χ2n) is 4.45. The van der Waals surface area contributed by atoms with E-state index in [2.05, 4.69) is 0 Å². The Hall–Kier alpha value is -1.22. The smallest absolute Gasteiger partial charge is 0.115 e. The van der Waals surface area contributed by atoms with Crippen LogP contribution < -0.4 is 5.73 Å². The van der Waals surface area contributed by atoms with Gasteiger partial charge in [0.25, 0.3) is 0 Å². The third-order valence-corrected chi connectivity index (χ3v) is 3.93. The van der Waals surface area contributed by atoms with Crippen molar-refractivity contribution >= 4 is 23.2 Å². The van der Waals surface area contributed by atoms with E-state index in [1.165, 1.54) is 0 Å². The van der Waals surface area contributed by atoms with Gasteiger partial charge in [-0.15, -0.1) is 0 Å². The van der Waals surface area contributed by atoms with Crippen LogP contribution in [0.5, 0.6) is 5.75 Å². The van der Waals surface area contributed by atoms with Crippen molar-refractivity contribution in [1.82, 2.24) is 0 Å². The summed E-state index contributed by atoms with van der Waals surface area (Å²) in [6.07, 6.45) is 0.713. The molecular formula is C15H15Cl2NO. The van der Waals surface area contributed by atoms with Gasteiger partial charge in [0.15, 0.2) is 0 Å². The number of aromatic hydroxyl groups is 1. The molecule has 1 atom stereocenters. The van der Waals surface area contributed by atoms with E-state index in [9.17, 15) is 5.11 Å². The lowest BCUT2D eigenvalue weighted by Crippen LogP contribution is -2.15.